The van der Waals surface area contributed by atoms with Crippen molar-refractivity contribution in [2.24, 2.45) is 0 Å². The van der Waals surface area contributed by atoms with Crippen molar-refractivity contribution in [2.45, 2.75) is 38.8 Å². The van der Waals surface area contributed by atoms with Gasteiger partial charge in [0.1, 0.15) is 5.76 Å². The average molecular weight is 322 g/mol. The SMILES string of the molecule is Cc1oc(-c2cccc(F)c2F)nc1CN1CCCC(C)(O)C1. The molecule has 0 amide bonds. The fraction of sp³-hybridized carbons (Fsp3) is 0.471. The normalized spacial score (nSPS) is 22.5. The fourth-order valence-electron chi connectivity index (χ4n) is 3.03. The second kappa shape index (κ2) is 6.02. The second-order valence-corrected chi connectivity index (χ2v) is 6.43. The summed E-state index contributed by atoms with van der Waals surface area (Å²) in [5.74, 6) is -1.22. The quantitative estimate of drug-likeness (QED) is 0.942. The lowest BCUT2D eigenvalue weighted by Gasteiger charge is -2.36. The molecule has 0 spiro atoms. The molecule has 1 fully saturated rings. The first-order chi connectivity index (χ1) is 10.9. The minimum atomic E-state index is -0.957. The summed E-state index contributed by atoms with van der Waals surface area (Å²) in [7, 11) is 0. The number of halogens is 2. The lowest BCUT2D eigenvalue weighted by molar-refractivity contribution is -0.0185. The van der Waals surface area contributed by atoms with Gasteiger partial charge < -0.3 is 9.52 Å². The molecule has 1 unspecified atom stereocenters. The Kier molecular flexibility index (Phi) is 4.21. The van der Waals surface area contributed by atoms with Crippen molar-refractivity contribution in [3.05, 3.63) is 41.3 Å². The van der Waals surface area contributed by atoms with E-state index in [2.05, 4.69) is 9.88 Å². The Hall–Kier alpha value is -1.79. The summed E-state index contributed by atoms with van der Waals surface area (Å²) in [6, 6.07) is 3.93. The van der Waals surface area contributed by atoms with Crippen LogP contribution in [-0.4, -0.2) is 33.7 Å². The topological polar surface area (TPSA) is 49.5 Å². The van der Waals surface area contributed by atoms with Crippen molar-refractivity contribution in [1.29, 1.82) is 0 Å². The Morgan fingerprint density at radius 1 is 1.39 bits per heavy atom. The maximum absolute atomic E-state index is 13.9. The highest BCUT2D eigenvalue weighted by molar-refractivity contribution is 5.54. The van der Waals surface area contributed by atoms with Crippen LogP contribution >= 0.6 is 0 Å². The van der Waals surface area contributed by atoms with Gasteiger partial charge in [-0.2, -0.15) is 0 Å². The number of benzene rings is 1. The average Bonchev–Trinajstić information content (AvgIpc) is 2.82. The third-order valence-corrected chi connectivity index (χ3v) is 4.20. The van der Waals surface area contributed by atoms with Crippen molar-refractivity contribution < 1.29 is 18.3 Å². The number of rotatable bonds is 3. The van der Waals surface area contributed by atoms with Crippen LogP contribution in [0.15, 0.2) is 22.6 Å². The summed E-state index contributed by atoms with van der Waals surface area (Å²) < 4.78 is 32.7. The van der Waals surface area contributed by atoms with Crippen LogP contribution < -0.4 is 0 Å². The maximum atomic E-state index is 13.9. The number of oxazole rings is 1. The van der Waals surface area contributed by atoms with Crippen molar-refractivity contribution >= 4 is 0 Å². The number of piperidine rings is 1. The first-order valence-electron chi connectivity index (χ1n) is 7.71. The lowest BCUT2D eigenvalue weighted by atomic mass is 9.95. The Morgan fingerprint density at radius 3 is 2.91 bits per heavy atom. The molecule has 23 heavy (non-hydrogen) atoms. The highest BCUT2D eigenvalue weighted by Crippen LogP contribution is 2.27. The van der Waals surface area contributed by atoms with E-state index >= 15 is 0 Å². The number of aliphatic hydroxyl groups is 1. The van der Waals surface area contributed by atoms with Crippen LogP contribution in [0, 0.1) is 18.6 Å². The van der Waals surface area contributed by atoms with Gasteiger partial charge in [0.25, 0.3) is 0 Å². The van der Waals surface area contributed by atoms with E-state index in [9.17, 15) is 13.9 Å². The van der Waals surface area contributed by atoms with Gasteiger partial charge in [-0.25, -0.2) is 13.8 Å². The van der Waals surface area contributed by atoms with Crippen LogP contribution in [0.25, 0.3) is 11.5 Å². The van der Waals surface area contributed by atoms with E-state index in [1.165, 1.54) is 12.1 Å². The molecule has 2 heterocycles. The molecule has 1 saturated heterocycles. The summed E-state index contributed by atoms with van der Waals surface area (Å²) in [5, 5.41) is 10.2. The number of β-amino-alcohol motifs (C(OH)–C–C–N with tert-alkyl or cyclic N) is 1. The number of aryl methyl sites for hydroxylation is 1. The standard InChI is InChI=1S/C17H20F2N2O2/c1-11-14(9-21-8-4-7-17(2,22)10-21)20-16(23-11)12-5-3-6-13(18)15(12)19/h3,5-6,22H,4,7-10H2,1-2H3. The smallest absolute Gasteiger partial charge is 0.229 e. The molecule has 1 aromatic heterocycles. The molecule has 0 radical (unpaired) electrons. The van der Waals surface area contributed by atoms with Gasteiger partial charge in [-0.1, -0.05) is 6.07 Å². The molecule has 124 valence electrons. The summed E-state index contributed by atoms with van der Waals surface area (Å²) in [5.41, 5.74) is -0.000679. The van der Waals surface area contributed by atoms with Gasteiger partial charge in [0.15, 0.2) is 11.6 Å². The molecule has 4 nitrogen and oxygen atoms in total. The Labute approximate surface area is 133 Å². The van der Waals surface area contributed by atoms with Crippen molar-refractivity contribution in [2.75, 3.05) is 13.1 Å². The second-order valence-electron chi connectivity index (χ2n) is 6.43. The van der Waals surface area contributed by atoms with E-state index in [4.69, 9.17) is 4.42 Å². The summed E-state index contributed by atoms with van der Waals surface area (Å²) in [4.78, 5) is 6.42. The molecule has 1 aliphatic rings. The molecule has 1 aromatic carbocycles. The summed E-state index contributed by atoms with van der Waals surface area (Å²) in [6.45, 7) is 5.52. The van der Waals surface area contributed by atoms with Gasteiger partial charge in [-0.15, -0.1) is 0 Å². The summed E-state index contributed by atoms with van der Waals surface area (Å²) >= 11 is 0. The first kappa shape index (κ1) is 16.1. The Morgan fingerprint density at radius 2 is 2.17 bits per heavy atom. The molecule has 0 saturated carbocycles. The predicted octanol–water partition coefficient (Wildman–Crippen LogP) is 3.28. The number of aromatic nitrogens is 1. The van der Waals surface area contributed by atoms with Gasteiger partial charge >= 0.3 is 0 Å². The highest BCUT2D eigenvalue weighted by Gasteiger charge is 2.29. The lowest BCUT2D eigenvalue weighted by Crippen LogP contribution is -2.45. The molecule has 1 N–H and O–H groups in total. The first-order valence-corrected chi connectivity index (χ1v) is 7.71. The highest BCUT2D eigenvalue weighted by atomic mass is 19.2. The fourth-order valence-corrected chi connectivity index (χ4v) is 3.03. The third-order valence-electron chi connectivity index (χ3n) is 4.20. The summed E-state index contributed by atoms with van der Waals surface area (Å²) in [6.07, 6.45) is 1.69. The number of hydrogen-bond acceptors (Lipinski definition) is 4. The van der Waals surface area contributed by atoms with Crippen LogP contribution in [0.3, 0.4) is 0 Å². The largest absolute Gasteiger partial charge is 0.441 e. The Bertz CT molecular complexity index is 713. The maximum Gasteiger partial charge on any atom is 0.229 e. The van der Waals surface area contributed by atoms with E-state index < -0.39 is 17.2 Å². The van der Waals surface area contributed by atoms with Crippen LogP contribution in [0.4, 0.5) is 8.78 Å². The molecular formula is C17H20F2N2O2. The van der Waals surface area contributed by atoms with E-state index in [1.54, 1.807) is 6.92 Å². The molecule has 0 aliphatic carbocycles. The zero-order valence-corrected chi connectivity index (χ0v) is 13.3. The predicted molar refractivity (Wildman–Crippen MR) is 81.7 cm³/mol. The number of hydrogen-bond donors (Lipinski definition) is 1. The van der Waals surface area contributed by atoms with Gasteiger partial charge in [0.2, 0.25) is 5.89 Å². The zero-order valence-electron chi connectivity index (χ0n) is 13.3. The van der Waals surface area contributed by atoms with E-state index in [0.717, 1.165) is 25.5 Å². The van der Waals surface area contributed by atoms with E-state index in [0.29, 0.717) is 24.5 Å². The van der Waals surface area contributed by atoms with Crippen LogP contribution in [0.5, 0.6) is 0 Å². The van der Waals surface area contributed by atoms with E-state index in [1.807, 2.05) is 6.92 Å². The third kappa shape index (κ3) is 3.43. The van der Waals surface area contributed by atoms with E-state index in [-0.39, 0.29) is 11.5 Å². The molecule has 1 atom stereocenters. The van der Waals surface area contributed by atoms with Crippen molar-refractivity contribution in [1.82, 2.24) is 9.88 Å². The molecule has 2 aromatic rings. The Balaban J connectivity index is 1.83. The van der Waals surface area contributed by atoms with Gasteiger partial charge in [-0.3, -0.25) is 4.90 Å². The van der Waals surface area contributed by atoms with Crippen molar-refractivity contribution in [3.8, 4) is 11.5 Å². The number of nitrogens with zero attached hydrogens (tertiary/aromatic N) is 2. The van der Waals surface area contributed by atoms with Gasteiger partial charge in [-0.05, 0) is 45.4 Å². The minimum absolute atomic E-state index is 0.0185. The van der Waals surface area contributed by atoms with Crippen LogP contribution in [-0.2, 0) is 6.54 Å². The van der Waals surface area contributed by atoms with Gasteiger partial charge in [0.05, 0.1) is 16.9 Å². The monoisotopic (exact) mass is 322 g/mol. The van der Waals surface area contributed by atoms with Crippen molar-refractivity contribution in [3.63, 3.8) is 0 Å². The minimum Gasteiger partial charge on any atom is -0.441 e. The molecule has 3 rings (SSSR count). The zero-order chi connectivity index (χ0) is 16.6. The molecule has 1 aliphatic heterocycles. The van der Waals surface area contributed by atoms with Gasteiger partial charge in [0, 0.05) is 13.1 Å². The molecular weight excluding hydrogens is 302 g/mol. The number of likely N-dealkylation sites (tertiary alicyclic amines) is 1. The van der Waals surface area contributed by atoms with Crippen LogP contribution in [0.1, 0.15) is 31.2 Å². The molecule has 6 heteroatoms. The van der Waals surface area contributed by atoms with Crippen LogP contribution in [0.2, 0.25) is 0 Å². The molecule has 0 bridgehead atoms.